The summed E-state index contributed by atoms with van der Waals surface area (Å²) < 4.78 is 32.6. The van der Waals surface area contributed by atoms with E-state index in [0.29, 0.717) is 25.7 Å². The van der Waals surface area contributed by atoms with Crippen molar-refractivity contribution in [2.24, 2.45) is 5.73 Å². The summed E-state index contributed by atoms with van der Waals surface area (Å²) in [6.07, 6.45) is 39.8. The molecule has 0 aromatic heterocycles. The van der Waals surface area contributed by atoms with E-state index in [1.54, 1.807) is 12.2 Å². The van der Waals surface area contributed by atoms with Gasteiger partial charge in [0.15, 0.2) is 11.9 Å². The molecule has 0 spiro atoms. The molecule has 3 N–H and O–H groups in total. The number of allylic oxidation sites excluding steroid dienone is 8. The summed E-state index contributed by atoms with van der Waals surface area (Å²) in [6, 6.07) is 0. The summed E-state index contributed by atoms with van der Waals surface area (Å²) in [7, 11) is -4.40. The fraction of sp³-hybridized carbons (Fsp3) is 0.744. The predicted octanol–water partition coefficient (Wildman–Crippen LogP) is 11.1. The normalized spacial score (nSPS) is 13.7. The van der Waals surface area contributed by atoms with Crippen molar-refractivity contribution in [3.8, 4) is 0 Å². The number of hydrogen-bond acceptors (Lipinski definition) is 9. The summed E-state index contributed by atoms with van der Waals surface area (Å²) in [4.78, 5) is 46.5. The third-order valence-electron chi connectivity index (χ3n) is 8.69. The molecular formula is C43H76NO9P. The van der Waals surface area contributed by atoms with Gasteiger partial charge in [-0.2, -0.15) is 0 Å². The maximum absolute atomic E-state index is 12.6. The van der Waals surface area contributed by atoms with Crippen molar-refractivity contribution in [1.82, 2.24) is 0 Å². The lowest BCUT2D eigenvalue weighted by molar-refractivity contribution is -0.161. The van der Waals surface area contributed by atoms with Crippen LogP contribution in [0.25, 0.3) is 0 Å². The Kier molecular flexibility index (Phi) is 37.2. The topological polar surface area (TPSA) is 151 Å². The molecule has 0 amide bonds. The Hall–Kier alpha value is -2.36. The standard InChI is InChI=1S/C43H76NO9P/c1-3-5-7-8-9-10-11-12-13-14-17-21-24-27-31-35-43(47)53-41(39-52-54(48,49)51-37-36-44)38-50-42(46)34-30-26-23-20-18-15-16-19-22-25-29-33-40(45)32-28-6-4-2/h15-16,20,22-23,25,29,33,41H,3-14,17-19,21,24,26-28,30-32,34-39,44H2,1-2H3,(H,48,49)/b16-15-,23-20-,25-22-,33-29+/t41-/m1/s1. The van der Waals surface area contributed by atoms with Gasteiger partial charge in [0.2, 0.25) is 0 Å². The summed E-state index contributed by atoms with van der Waals surface area (Å²) in [5.74, 6) is -0.758. The lowest BCUT2D eigenvalue weighted by Crippen LogP contribution is -2.29. The first-order chi connectivity index (χ1) is 26.2. The van der Waals surface area contributed by atoms with Crippen LogP contribution in [0, 0.1) is 0 Å². The number of esters is 2. The van der Waals surface area contributed by atoms with Crippen LogP contribution < -0.4 is 5.73 Å². The average Bonchev–Trinajstić information content (AvgIpc) is 3.15. The summed E-state index contributed by atoms with van der Waals surface area (Å²) in [5, 5.41) is 0. The quantitative estimate of drug-likeness (QED) is 0.0154. The molecule has 0 rings (SSSR count). The minimum Gasteiger partial charge on any atom is -0.462 e. The lowest BCUT2D eigenvalue weighted by Gasteiger charge is -2.19. The lowest BCUT2D eigenvalue weighted by atomic mass is 10.0. The van der Waals surface area contributed by atoms with Gasteiger partial charge in [0.05, 0.1) is 13.2 Å². The third kappa shape index (κ3) is 37.9. The van der Waals surface area contributed by atoms with Crippen LogP contribution in [0.15, 0.2) is 48.6 Å². The smallest absolute Gasteiger partial charge is 0.462 e. The zero-order chi connectivity index (χ0) is 39.8. The van der Waals surface area contributed by atoms with Gasteiger partial charge in [-0.1, -0.05) is 159 Å². The number of unbranched alkanes of at least 4 members (excludes halogenated alkanes) is 17. The van der Waals surface area contributed by atoms with Crippen LogP contribution in [0.4, 0.5) is 0 Å². The van der Waals surface area contributed by atoms with E-state index >= 15 is 0 Å². The first-order valence-electron chi connectivity index (χ1n) is 21.1. The number of nitrogens with two attached hydrogens (primary N) is 1. The number of ketones is 1. The van der Waals surface area contributed by atoms with Crippen molar-refractivity contribution in [3.63, 3.8) is 0 Å². The monoisotopic (exact) mass is 782 g/mol. The Labute approximate surface area is 328 Å². The second kappa shape index (κ2) is 38.9. The Morgan fingerprint density at radius 3 is 1.74 bits per heavy atom. The van der Waals surface area contributed by atoms with Gasteiger partial charge >= 0.3 is 19.8 Å². The van der Waals surface area contributed by atoms with E-state index in [2.05, 4.69) is 26.0 Å². The highest BCUT2D eigenvalue weighted by Crippen LogP contribution is 2.43. The number of hydrogen-bond donors (Lipinski definition) is 2. The van der Waals surface area contributed by atoms with Crippen molar-refractivity contribution in [2.75, 3.05) is 26.4 Å². The summed E-state index contributed by atoms with van der Waals surface area (Å²) >= 11 is 0. The molecule has 0 aliphatic rings. The van der Waals surface area contributed by atoms with Crippen molar-refractivity contribution >= 4 is 25.5 Å². The van der Waals surface area contributed by atoms with Crippen LogP contribution in [0.3, 0.4) is 0 Å². The third-order valence-corrected chi connectivity index (χ3v) is 9.68. The molecule has 0 fully saturated rings. The van der Waals surface area contributed by atoms with E-state index in [9.17, 15) is 23.8 Å². The van der Waals surface area contributed by atoms with E-state index in [-0.39, 0.29) is 38.4 Å². The Morgan fingerprint density at radius 2 is 1.13 bits per heavy atom. The maximum atomic E-state index is 12.6. The molecule has 0 bridgehead atoms. The Morgan fingerprint density at radius 1 is 0.611 bits per heavy atom. The largest absolute Gasteiger partial charge is 0.472 e. The van der Waals surface area contributed by atoms with Crippen LogP contribution >= 0.6 is 7.82 Å². The molecule has 0 aromatic rings. The van der Waals surface area contributed by atoms with E-state index < -0.39 is 32.5 Å². The first kappa shape index (κ1) is 51.6. The molecule has 0 saturated heterocycles. The van der Waals surface area contributed by atoms with E-state index in [1.807, 2.05) is 24.3 Å². The van der Waals surface area contributed by atoms with Gasteiger partial charge in [0.1, 0.15) is 6.61 Å². The Bertz CT molecular complexity index is 1090. The first-order valence-corrected chi connectivity index (χ1v) is 22.6. The fourth-order valence-electron chi connectivity index (χ4n) is 5.52. The maximum Gasteiger partial charge on any atom is 0.472 e. The molecule has 2 atom stereocenters. The van der Waals surface area contributed by atoms with Crippen molar-refractivity contribution in [2.45, 2.75) is 180 Å². The Balaban J connectivity index is 4.30. The van der Waals surface area contributed by atoms with Gasteiger partial charge in [-0.05, 0) is 44.6 Å². The van der Waals surface area contributed by atoms with Crippen molar-refractivity contribution in [1.29, 1.82) is 0 Å². The second-order valence-electron chi connectivity index (χ2n) is 13.9. The number of ether oxygens (including phenoxy) is 2. The van der Waals surface area contributed by atoms with Crippen LogP contribution in [-0.2, 0) is 37.5 Å². The zero-order valence-electron chi connectivity index (χ0n) is 33.9. The molecule has 0 radical (unpaired) electrons. The van der Waals surface area contributed by atoms with Gasteiger partial charge in [0, 0.05) is 25.8 Å². The summed E-state index contributed by atoms with van der Waals surface area (Å²) in [6.45, 7) is 3.49. The number of phosphoric acid groups is 1. The van der Waals surface area contributed by atoms with Gasteiger partial charge in [-0.15, -0.1) is 0 Å². The molecular weight excluding hydrogens is 705 g/mol. The molecule has 0 heterocycles. The summed E-state index contributed by atoms with van der Waals surface area (Å²) in [5.41, 5.74) is 5.33. The molecule has 0 aliphatic carbocycles. The molecule has 10 nitrogen and oxygen atoms in total. The second-order valence-corrected chi connectivity index (χ2v) is 15.4. The highest BCUT2D eigenvalue weighted by Gasteiger charge is 2.26. The van der Waals surface area contributed by atoms with Crippen molar-refractivity contribution < 1.29 is 42.4 Å². The highest BCUT2D eigenvalue weighted by atomic mass is 31.2. The number of phosphoric ester groups is 1. The highest BCUT2D eigenvalue weighted by molar-refractivity contribution is 7.47. The van der Waals surface area contributed by atoms with Gasteiger partial charge in [-0.3, -0.25) is 23.4 Å². The number of rotatable bonds is 39. The molecule has 312 valence electrons. The molecule has 0 saturated carbocycles. The van der Waals surface area contributed by atoms with Gasteiger partial charge in [0.25, 0.3) is 0 Å². The molecule has 0 aromatic carbocycles. The van der Waals surface area contributed by atoms with Crippen LogP contribution in [0.2, 0.25) is 0 Å². The van der Waals surface area contributed by atoms with E-state index in [4.69, 9.17) is 24.3 Å². The predicted molar refractivity (Wildman–Crippen MR) is 220 cm³/mol. The van der Waals surface area contributed by atoms with Gasteiger partial charge in [-0.25, -0.2) is 4.57 Å². The number of carbonyl (C=O) groups is 3. The van der Waals surface area contributed by atoms with E-state index in [0.717, 1.165) is 51.4 Å². The molecule has 11 heteroatoms. The minimum atomic E-state index is -4.40. The van der Waals surface area contributed by atoms with Crippen molar-refractivity contribution in [3.05, 3.63) is 48.6 Å². The fourth-order valence-corrected chi connectivity index (χ4v) is 6.29. The van der Waals surface area contributed by atoms with Crippen LogP contribution in [0.1, 0.15) is 174 Å². The van der Waals surface area contributed by atoms with Crippen LogP contribution in [-0.4, -0.2) is 55.1 Å². The number of carbonyl (C=O) groups excluding carboxylic acids is 3. The molecule has 54 heavy (non-hydrogen) atoms. The van der Waals surface area contributed by atoms with Crippen LogP contribution in [0.5, 0.6) is 0 Å². The van der Waals surface area contributed by atoms with Gasteiger partial charge < -0.3 is 20.1 Å². The average molecular weight is 782 g/mol. The minimum absolute atomic E-state index is 0.0366. The molecule has 0 aliphatic heterocycles. The van der Waals surface area contributed by atoms with E-state index in [1.165, 1.54) is 70.6 Å². The molecule has 1 unspecified atom stereocenters. The zero-order valence-corrected chi connectivity index (χ0v) is 34.8. The SMILES string of the molecule is CCCCCCCCCCCCCCCCCC(=O)O[C@H](COC(=O)CCC/C=C\C/C=C\C/C=C\C=C\C(=O)CCCCC)COP(=O)(O)OCCN.